The van der Waals surface area contributed by atoms with Gasteiger partial charge in [-0.1, -0.05) is 11.6 Å². The van der Waals surface area contributed by atoms with Gasteiger partial charge in [-0.25, -0.2) is 0 Å². The Morgan fingerprint density at radius 3 is 2.73 bits per heavy atom. The molecule has 1 aromatic rings. The van der Waals surface area contributed by atoms with E-state index < -0.39 is 5.97 Å². The molecule has 1 N–H and O–H groups in total. The van der Waals surface area contributed by atoms with Crippen molar-refractivity contribution in [3.8, 4) is 5.75 Å². The summed E-state index contributed by atoms with van der Waals surface area (Å²) in [4.78, 5) is 11.4. The van der Waals surface area contributed by atoms with Gasteiger partial charge in [0.1, 0.15) is 0 Å². The Bertz CT molecular complexity index is 379. The van der Waals surface area contributed by atoms with Crippen LogP contribution in [-0.4, -0.2) is 24.4 Å². The van der Waals surface area contributed by atoms with Crippen LogP contribution in [0.3, 0.4) is 0 Å². The quantitative estimate of drug-likeness (QED) is 0.830. The number of hydrogen-bond acceptors (Lipinski definition) is 3. The third-order valence-electron chi connectivity index (χ3n) is 1.85. The molecule has 0 bridgehead atoms. The number of hydrogen-bond donors (Lipinski definition) is 1. The highest BCUT2D eigenvalue weighted by Crippen LogP contribution is 2.35. The van der Waals surface area contributed by atoms with Crippen LogP contribution in [0, 0.1) is 0 Å². The van der Waals surface area contributed by atoms with E-state index in [1.807, 2.05) is 6.26 Å². The Morgan fingerprint density at radius 2 is 2.27 bits per heavy atom. The number of rotatable bonds is 4. The second kappa shape index (κ2) is 5.28. The summed E-state index contributed by atoms with van der Waals surface area (Å²) < 4.78 is 5.13. The van der Waals surface area contributed by atoms with E-state index in [4.69, 9.17) is 21.4 Å². The fourth-order valence-corrected chi connectivity index (χ4v) is 2.27. The Morgan fingerprint density at radius 1 is 1.60 bits per heavy atom. The van der Waals surface area contributed by atoms with Crippen LogP contribution in [0.25, 0.3) is 0 Å². The summed E-state index contributed by atoms with van der Waals surface area (Å²) in [6, 6.07) is 3.40. The van der Waals surface area contributed by atoms with Gasteiger partial charge in [-0.15, -0.1) is 11.8 Å². The largest absolute Gasteiger partial charge is 0.494 e. The van der Waals surface area contributed by atoms with E-state index in [0.717, 1.165) is 4.90 Å². The Hall–Kier alpha value is -0.870. The highest BCUT2D eigenvalue weighted by atomic mass is 35.5. The van der Waals surface area contributed by atoms with E-state index in [0.29, 0.717) is 16.3 Å². The van der Waals surface area contributed by atoms with Crippen LogP contribution >= 0.6 is 23.4 Å². The topological polar surface area (TPSA) is 46.5 Å². The van der Waals surface area contributed by atoms with Gasteiger partial charge in [0.05, 0.1) is 23.4 Å². The van der Waals surface area contributed by atoms with Crippen molar-refractivity contribution in [3.63, 3.8) is 0 Å². The molecule has 0 spiro atoms. The van der Waals surface area contributed by atoms with Crippen molar-refractivity contribution in [1.29, 1.82) is 0 Å². The number of thioether (sulfide) groups is 1. The van der Waals surface area contributed by atoms with Gasteiger partial charge in [0.15, 0.2) is 5.75 Å². The van der Waals surface area contributed by atoms with Gasteiger partial charge in [0.25, 0.3) is 0 Å². The minimum Gasteiger partial charge on any atom is -0.494 e. The monoisotopic (exact) mass is 246 g/mol. The molecule has 1 rings (SSSR count). The maximum atomic E-state index is 10.6. The Kier molecular flexibility index (Phi) is 4.29. The van der Waals surface area contributed by atoms with Crippen LogP contribution in [0.5, 0.6) is 5.75 Å². The van der Waals surface area contributed by atoms with Crippen molar-refractivity contribution in [2.24, 2.45) is 0 Å². The molecule has 5 heteroatoms. The number of halogens is 1. The van der Waals surface area contributed by atoms with Gasteiger partial charge in [-0.2, -0.15) is 0 Å². The first kappa shape index (κ1) is 12.2. The van der Waals surface area contributed by atoms with Crippen molar-refractivity contribution in [1.82, 2.24) is 0 Å². The third-order valence-corrected chi connectivity index (χ3v) is 2.87. The van der Waals surface area contributed by atoms with Crippen LogP contribution in [0.1, 0.15) is 5.56 Å². The van der Waals surface area contributed by atoms with Gasteiger partial charge < -0.3 is 9.84 Å². The molecule has 0 saturated heterocycles. The molecule has 15 heavy (non-hydrogen) atoms. The maximum Gasteiger partial charge on any atom is 0.307 e. The third kappa shape index (κ3) is 3.04. The standard InChI is InChI=1S/C10H11ClO3S/c1-14-10-7(11)3-6(5-9(12)13)4-8(10)15-2/h3-4H,5H2,1-2H3,(H,12,13). The lowest BCUT2D eigenvalue weighted by molar-refractivity contribution is -0.136. The molecule has 0 aromatic heterocycles. The molecule has 0 fully saturated rings. The van der Waals surface area contributed by atoms with E-state index in [1.165, 1.54) is 18.9 Å². The number of benzene rings is 1. The molecule has 0 unspecified atom stereocenters. The highest BCUT2D eigenvalue weighted by molar-refractivity contribution is 7.98. The molecule has 0 amide bonds. The minimum absolute atomic E-state index is 0.0305. The van der Waals surface area contributed by atoms with Crippen LogP contribution in [0.4, 0.5) is 0 Å². The molecule has 0 aliphatic rings. The number of ether oxygens (including phenoxy) is 1. The van der Waals surface area contributed by atoms with Gasteiger partial charge in [-0.3, -0.25) is 4.79 Å². The second-order valence-corrected chi connectivity index (χ2v) is 4.14. The smallest absolute Gasteiger partial charge is 0.307 e. The van der Waals surface area contributed by atoms with Gasteiger partial charge in [0.2, 0.25) is 0 Å². The molecular formula is C10H11ClO3S. The second-order valence-electron chi connectivity index (χ2n) is 2.88. The van der Waals surface area contributed by atoms with Gasteiger partial charge >= 0.3 is 5.97 Å². The summed E-state index contributed by atoms with van der Waals surface area (Å²) in [5.74, 6) is -0.276. The Balaban J connectivity index is 3.13. The van der Waals surface area contributed by atoms with Crippen molar-refractivity contribution >= 4 is 29.3 Å². The summed E-state index contributed by atoms with van der Waals surface area (Å²) >= 11 is 7.44. The molecule has 0 heterocycles. The average Bonchev–Trinajstić information content (AvgIpc) is 2.15. The first-order valence-corrected chi connectivity index (χ1v) is 5.81. The van der Waals surface area contributed by atoms with E-state index in [2.05, 4.69) is 0 Å². The number of aliphatic carboxylic acids is 1. The average molecular weight is 247 g/mol. The summed E-state index contributed by atoms with van der Waals surface area (Å²) in [7, 11) is 1.54. The predicted molar refractivity (Wildman–Crippen MR) is 61.1 cm³/mol. The highest BCUT2D eigenvalue weighted by Gasteiger charge is 2.11. The fraction of sp³-hybridized carbons (Fsp3) is 0.300. The molecule has 82 valence electrons. The molecule has 0 aliphatic heterocycles. The molecule has 0 radical (unpaired) electrons. The zero-order chi connectivity index (χ0) is 11.4. The van der Waals surface area contributed by atoms with E-state index in [-0.39, 0.29) is 6.42 Å². The first-order chi connectivity index (χ1) is 7.08. The maximum absolute atomic E-state index is 10.6. The normalized spacial score (nSPS) is 10.1. The summed E-state index contributed by atoms with van der Waals surface area (Å²) in [6.07, 6.45) is 1.86. The number of methoxy groups -OCH3 is 1. The number of carbonyl (C=O) groups is 1. The molecular weight excluding hydrogens is 236 g/mol. The molecule has 3 nitrogen and oxygen atoms in total. The van der Waals surface area contributed by atoms with Gasteiger partial charge in [0, 0.05) is 0 Å². The summed E-state index contributed by atoms with van der Waals surface area (Å²) in [5, 5.41) is 9.11. The lowest BCUT2D eigenvalue weighted by Gasteiger charge is -2.10. The van der Waals surface area contributed by atoms with Crippen LogP contribution in [-0.2, 0) is 11.2 Å². The van der Waals surface area contributed by atoms with Crippen molar-refractivity contribution in [3.05, 3.63) is 22.7 Å². The van der Waals surface area contributed by atoms with Crippen LogP contribution < -0.4 is 4.74 Å². The molecule has 1 aromatic carbocycles. The summed E-state index contributed by atoms with van der Waals surface area (Å²) in [5.41, 5.74) is 0.678. The number of carboxylic acid groups (broad SMARTS) is 1. The van der Waals surface area contributed by atoms with Gasteiger partial charge in [-0.05, 0) is 24.0 Å². The predicted octanol–water partition coefficient (Wildman–Crippen LogP) is 2.70. The molecule has 0 saturated carbocycles. The van der Waals surface area contributed by atoms with Crippen molar-refractivity contribution in [2.45, 2.75) is 11.3 Å². The summed E-state index contributed by atoms with van der Waals surface area (Å²) in [6.45, 7) is 0. The van der Waals surface area contributed by atoms with E-state index >= 15 is 0 Å². The fourth-order valence-electron chi connectivity index (χ4n) is 1.25. The van der Waals surface area contributed by atoms with Crippen LogP contribution in [0.15, 0.2) is 17.0 Å². The Labute approximate surface area is 97.4 Å². The van der Waals surface area contributed by atoms with Crippen molar-refractivity contribution in [2.75, 3.05) is 13.4 Å². The zero-order valence-electron chi connectivity index (χ0n) is 8.41. The first-order valence-electron chi connectivity index (χ1n) is 4.20. The molecule has 0 atom stereocenters. The zero-order valence-corrected chi connectivity index (χ0v) is 9.98. The lowest BCUT2D eigenvalue weighted by Crippen LogP contribution is -2.00. The van der Waals surface area contributed by atoms with E-state index in [9.17, 15) is 4.79 Å². The molecule has 0 aliphatic carbocycles. The van der Waals surface area contributed by atoms with Crippen molar-refractivity contribution < 1.29 is 14.6 Å². The number of carboxylic acids is 1. The lowest BCUT2D eigenvalue weighted by atomic mass is 10.1. The van der Waals surface area contributed by atoms with E-state index in [1.54, 1.807) is 12.1 Å². The minimum atomic E-state index is -0.872. The van der Waals surface area contributed by atoms with Crippen LogP contribution in [0.2, 0.25) is 5.02 Å². The SMILES string of the molecule is COc1c(Cl)cc(CC(=O)O)cc1SC.